The van der Waals surface area contributed by atoms with Crippen LogP contribution in [-0.4, -0.2) is 16.5 Å². The van der Waals surface area contributed by atoms with Gasteiger partial charge in [0.25, 0.3) is 0 Å². The molecule has 3 nitrogen and oxygen atoms in total. The molecule has 0 amide bonds. The van der Waals surface area contributed by atoms with Gasteiger partial charge in [0.15, 0.2) is 0 Å². The van der Waals surface area contributed by atoms with Crippen molar-refractivity contribution in [1.82, 2.24) is 9.97 Å². The Labute approximate surface area is 110 Å². The SMILES string of the molecule is CCc1cc(NCCC2CCC(C)CC2)ncn1. The summed E-state index contributed by atoms with van der Waals surface area (Å²) in [5, 5.41) is 3.43. The lowest BCUT2D eigenvalue weighted by Crippen LogP contribution is -2.16. The van der Waals surface area contributed by atoms with Crippen molar-refractivity contribution in [3.8, 4) is 0 Å². The van der Waals surface area contributed by atoms with Gasteiger partial charge in [-0.1, -0.05) is 39.5 Å². The van der Waals surface area contributed by atoms with Gasteiger partial charge in [0.2, 0.25) is 0 Å². The minimum atomic E-state index is 0.918. The minimum Gasteiger partial charge on any atom is -0.370 e. The third-order valence-electron chi connectivity index (χ3n) is 4.08. The van der Waals surface area contributed by atoms with Gasteiger partial charge < -0.3 is 5.32 Å². The van der Waals surface area contributed by atoms with E-state index in [9.17, 15) is 0 Å². The molecule has 18 heavy (non-hydrogen) atoms. The normalized spacial score (nSPS) is 23.9. The van der Waals surface area contributed by atoms with E-state index in [4.69, 9.17) is 0 Å². The van der Waals surface area contributed by atoms with Gasteiger partial charge in [0.1, 0.15) is 12.1 Å². The summed E-state index contributed by atoms with van der Waals surface area (Å²) in [4.78, 5) is 8.47. The Hall–Kier alpha value is -1.12. The maximum atomic E-state index is 4.26. The molecule has 1 aromatic rings. The molecule has 0 radical (unpaired) electrons. The van der Waals surface area contributed by atoms with Crippen LogP contribution in [0, 0.1) is 11.8 Å². The van der Waals surface area contributed by atoms with Crippen molar-refractivity contribution in [3.63, 3.8) is 0 Å². The van der Waals surface area contributed by atoms with Gasteiger partial charge in [0, 0.05) is 18.3 Å². The quantitative estimate of drug-likeness (QED) is 0.862. The standard InChI is InChI=1S/C15H25N3/c1-3-14-10-15(18-11-17-14)16-9-8-13-6-4-12(2)5-7-13/h10-13H,3-9H2,1-2H3,(H,16,17,18). The fourth-order valence-corrected chi connectivity index (χ4v) is 2.71. The topological polar surface area (TPSA) is 37.8 Å². The molecule has 1 heterocycles. The molecular formula is C15H25N3. The van der Waals surface area contributed by atoms with Crippen molar-refractivity contribution >= 4 is 5.82 Å². The number of aromatic nitrogens is 2. The first-order valence-corrected chi connectivity index (χ1v) is 7.32. The van der Waals surface area contributed by atoms with Crippen LogP contribution in [-0.2, 0) is 6.42 Å². The van der Waals surface area contributed by atoms with Crippen LogP contribution in [0.2, 0.25) is 0 Å². The van der Waals surface area contributed by atoms with E-state index in [-0.39, 0.29) is 0 Å². The summed E-state index contributed by atoms with van der Waals surface area (Å²) in [6.07, 6.45) is 9.55. The molecule has 1 aliphatic carbocycles. The zero-order valence-electron chi connectivity index (χ0n) is 11.7. The molecule has 0 unspecified atom stereocenters. The van der Waals surface area contributed by atoms with Crippen molar-refractivity contribution in [3.05, 3.63) is 18.1 Å². The minimum absolute atomic E-state index is 0.918. The van der Waals surface area contributed by atoms with Crippen LogP contribution in [0.4, 0.5) is 5.82 Å². The lowest BCUT2D eigenvalue weighted by Gasteiger charge is -2.26. The number of aryl methyl sites for hydroxylation is 1. The molecule has 0 bridgehead atoms. The number of hydrogen-bond acceptors (Lipinski definition) is 3. The van der Waals surface area contributed by atoms with E-state index in [1.807, 2.05) is 0 Å². The molecule has 0 aromatic carbocycles. The van der Waals surface area contributed by atoms with Crippen LogP contribution >= 0.6 is 0 Å². The van der Waals surface area contributed by atoms with E-state index < -0.39 is 0 Å². The molecule has 1 saturated carbocycles. The molecule has 0 spiro atoms. The van der Waals surface area contributed by atoms with Crippen molar-refractivity contribution < 1.29 is 0 Å². The third kappa shape index (κ3) is 3.97. The second-order valence-corrected chi connectivity index (χ2v) is 5.59. The van der Waals surface area contributed by atoms with E-state index in [0.717, 1.165) is 36.3 Å². The fourth-order valence-electron chi connectivity index (χ4n) is 2.71. The number of nitrogens with zero attached hydrogens (tertiary/aromatic N) is 2. The molecule has 0 aliphatic heterocycles. The highest BCUT2D eigenvalue weighted by atomic mass is 15.0. The summed E-state index contributed by atoms with van der Waals surface area (Å²) < 4.78 is 0. The maximum Gasteiger partial charge on any atom is 0.129 e. The lowest BCUT2D eigenvalue weighted by molar-refractivity contribution is 0.282. The average molecular weight is 247 g/mol. The Kier molecular flexibility index (Phi) is 4.97. The van der Waals surface area contributed by atoms with E-state index in [1.54, 1.807) is 6.33 Å². The smallest absolute Gasteiger partial charge is 0.129 e. The van der Waals surface area contributed by atoms with Gasteiger partial charge in [-0.3, -0.25) is 0 Å². The fraction of sp³-hybridized carbons (Fsp3) is 0.733. The van der Waals surface area contributed by atoms with Gasteiger partial charge >= 0.3 is 0 Å². The molecular weight excluding hydrogens is 222 g/mol. The molecule has 1 fully saturated rings. The predicted octanol–water partition coefficient (Wildman–Crippen LogP) is 3.67. The van der Waals surface area contributed by atoms with Gasteiger partial charge in [-0.15, -0.1) is 0 Å². The molecule has 100 valence electrons. The Morgan fingerprint density at radius 3 is 2.72 bits per heavy atom. The highest BCUT2D eigenvalue weighted by Crippen LogP contribution is 2.30. The zero-order valence-corrected chi connectivity index (χ0v) is 11.7. The van der Waals surface area contributed by atoms with E-state index in [0.29, 0.717) is 0 Å². The molecule has 3 heteroatoms. The van der Waals surface area contributed by atoms with Crippen LogP contribution in [0.15, 0.2) is 12.4 Å². The molecule has 2 rings (SSSR count). The Balaban J connectivity index is 1.71. The first-order valence-electron chi connectivity index (χ1n) is 7.32. The van der Waals surface area contributed by atoms with Gasteiger partial charge in [0.05, 0.1) is 0 Å². The monoisotopic (exact) mass is 247 g/mol. The number of anilines is 1. The van der Waals surface area contributed by atoms with Crippen LogP contribution in [0.3, 0.4) is 0 Å². The van der Waals surface area contributed by atoms with Gasteiger partial charge in [-0.25, -0.2) is 9.97 Å². The van der Waals surface area contributed by atoms with Crippen LogP contribution in [0.5, 0.6) is 0 Å². The van der Waals surface area contributed by atoms with Crippen molar-refractivity contribution in [2.24, 2.45) is 11.8 Å². The highest BCUT2D eigenvalue weighted by molar-refractivity contribution is 5.34. The number of rotatable bonds is 5. The van der Waals surface area contributed by atoms with Crippen LogP contribution < -0.4 is 5.32 Å². The molecule has 1 aromatic heterocycles. The summed E-state index contributed by atoms with van der Waals surface area (Å²) in [7, 11) is 0. The molecule has 1 aliphatic rings. The third-order valence-corrected chi connectivity index (χ3v) is 4.08. The average Bonchev–Trinajstić information content (AvgIpc) is 2.41. The van der Waals surface area contributed by atoms with E-state index >= 15 is 0 Å². The molecule has 0 atom stereocenters. The Bertz CT molecular complexity index is 357. The van der Waals surface area contributed by atoms with Crippen LogP contribution in [0.1, 0.15) is 51.6 Å². The number of nitrogens with one attached hydrogen (secondary N) is 1. The van der Waals surface area contributed by atoms with Crippen LogP contribution in [0.25, 0.3) is 0 Å². The maximum absolute atomic E-state index is 4.26. The lowest BCUT2D eigenvalue weighted by atomic mass is 9.81. The van der Waals surface area contributed by atoms with Crippen molar-refractivity contribution in [1.29, 1.82) is 0 Å². The van der Waals surface area contributed by atoms with Gasteiger partial charge in [-0.05, 0) is 24.7 Å². The summed E-state index contributed by atoms with van der Waals surface area (Å²) >= 11 is 0. The predicted molar refractivity (Wildman–Crippen MR) is 75.6 cm³/mol. The van der Waals surface area contributed by atoms with E-state index in [2.05, 4.69) is 35.2 Å². The summed E-state index contributed by atoms with van der Waals surface area (Å²) in [5.41, 5.74) is 1.11. The summed E-state index contributed by atoms with van der Waals surface area (Å²) in [6.45, 7) is 5.54. The highest BCUT2D eigenvalue weighted by Gasteiger charge is 2.17. The largest absolute Gasteiger partial charge is 0.370 e. The second kappa shape index (κ2) is 6.72. The first-order chi connectivity index (χ1) is 8.78. The summed E-state index contributed by atoms with van der Waals surface area (Å²) in [6, 6.07) is 2.06. The van der Waals surface area contributed by atoms with E-state index in [1.165, 1.54) is 32.1 Å². The molecule has 1 N–H and O–H groups in total. The second-order valence-electron chi connectivity index (χ2n) is 5.59. The van der Waals surface area contributed by atoms with Gasteiger partial charge in [-0.2, -0.15) is 0 Å². The van der Waals surface area contributed by atoms with Crippen molar-refractivity contribution in [2.45, 2.75) is 52.4 Å². The zero-order chi connectivity index (χ0) is 12.8. The molecule has 0 saturated heterocycles. The first kappa shape index (κ1) is 13.3. The van der Waals surface area contributed by atoms with Crippen molar-refractivity contribution in [2.75, 3.05) is 11.9 Å². The number of hydrogen-bond donors (Lipinski definition) is 1. The Morgan fingerprint density at radius 1 is 1.22 bits per heavy atom. The Morgan fingerprint density at radius 2 is 2.00 bits per heavy atom. The summed E-state index contributed by atoms with van der Waals surface area (Å²) in [5.74, 6) is 2.84.